The molecule has 0 spiro atoms. The first kappa shape index (κ1) is 12.5. The van der Waals surface area contributed by atoms with Crippen LogP contribution in [0.25, 0.3) is 0 Å². The van der Waals surface area contributed by atoms with Gasteiger partial charge in [-0.15, -0.1) is 10.2 Å². The molecule has 0 aliphatic heterocycles. The molecule has 0 saturated heterocycles. The molecule has 0 fully saturated rings. The van der Waals surface area contributed by atoms with Crippen LogP contribution in [0.3, 0.4) is 0 Å². The maximum absolute atomic E-state index is 9.75. The third kappa shape index (κ3) is 4.19. The summed E-state index contributed by atoms with van der Waals surface area (Å²) >= 11 is 3.20. The largest absolute Gasteiger partial charge is 0.413 e. The first-order valence-electron chi connectivity index (χ1n) is 4.49. The van der Waals surface area contributed by atoms with Crippen molar-refractivity contribution in [2.45, 2.75) is 25.8 Å². The lowest BCUT2D eigenvalue weighted by atomic mass is 10.3. The lowest BCUT2D eigenvalue weighted by Gasteiger charge is -2.17. The fourth-order valence-corrected chi connectivity index (χ4v) is 1.57. The zero-order chi connectivity index (χ0) is 11.5. The van der Waals surface area contributed by atoms with Gasteiger partial charge in [-0.1, -0.05) is 20.8 Å². The number of halogens is 1. The molecular formula is C9H13BrN3OSi. The van der Waals surface area contributed by atoms with Crippen LogP contribution in [-0.2, 0) is 0 Å². The number of hydrogen-bond acceptors (Lipinski definition) is 4. The van der Waals surface area contributed by atoms with E-state index in [1.165, 1.54) is 0 Å². The van der Waals surface area contributed by atoms with Crippen LogP contribution in [0.4, 0.5) is 0 Å². The van der Waals surface area contributed by atoms with Crippen molar-refractivity contribution in [1.29, 1.82) is 0 Å². The van der Waals surface area contributed by atoms with Crippen molar-refractivity contribution < 1.29 is 4.80 Å². The summed E-state index contributed by atoms with van der Waals surface area (Å²) in [4.78, 5) is 9.75. The second kappa shape index (κ2) is 4.96. The Kier molecular flexibility index (Phi) is 4.12. The summed E-state index contributed by atoms with van der Waals surface area (Å²) in [6, 6.07) is 3.58. The molecule has 4 nitrogen and oxygen atoms in total. The molecule has 15 heavy (non-hydrogen) atoms. The molecule has 0 unspecified atom stereocenters. The van der Waals surface area contributed by atoms with Gasteiger partial charge >= 0.3 is 9.20 Å². The van der Waals surface area contributed by atoms with Crippen LogP contribution < -0.4 is 0 Å². The Morgan fingerprint density at radius 3 is 2.53 bits per heavy atom. The van der Waals surface area contributed by atoms with Gasteiger partial charge in [-0.2, -0.15) is 0 Å². The number of aromatic nitrogens is 2. The zero-order valence-electron chi connectivity index (χ0n) is 8.90. The molecule has 81 valence electrons. The summed E-state index contributed by atoms with van der Waals surface area (Å²) in [6.07, 6.45) is 1.57. The van der Waals surface area contributed by atoms with Crippen molar-refractivity contribution in [3.05, 3.63) is 22.4 Å². The van der Waals surface area contributed by atoms with Crippen molar-refractivity contribution >= 4 is 31.3 Å². The van der Waals surface area contributed by atoms with Crippen LogP contribution in [-0.4, -0.2) is 30.4 Å². The van der Waals surface area contributed by atoms with Crippen LogP contribution >= 0.6 is 15.9 Å². The Morgan fingerprint density at radius 2 is 2.07 bits per heavy atom. The van der Waals surface area contributed by atoms with Crippen molar-refractivity contribution in [3.63, 3.8) is 0 Å². The molecule has 0 aliphatic rings. The first-order valence-corrected chi connectivity index (χ1v) is 6.68. The van der Waals surface area contributed by atoms with E-state index in [1.807, 2.05) is 20.8 Å². The second-order valence-electron chi connectivity index (χ2n) is 4.11. The number of nitrogens with zero attached hydrogens (tertiary/aromatic N) is 3. The fraction of sp³-hybridized carbons (Fsp3) is 0.444. The van der Waals surface area contributed by atoms with Crippen molar-refractivity contribution in [2.75, 3.05) is 0 Å². The highest BCUT2D eigenvalue weighted by Crippen LogP contribution is 2.25. The second-order valence-corrected chi connectivity index (χ2v) is 7.33. The molecule has 0 atom stereocenters. The minimum absolute atomic E-state index is 0.163. The molecular weight excluding hydrogens is 274 g/mol. The lowest BCUT2D eigenvalue weighted by molar-refractivity contribution is 0.512. The van der Waals surface area contributed by atoms with Gasteiger partial charge in [-0.25, -0.2) is 0 Å². The first-order chi connectivity index (χ1) is 6.89. The molecule has 1 rings (SSSR count). The molecule has 0 bridgehead atoms. The van der Waals surface area contributed by atoms with Crippen molar-refractivity contribution in [2.24, 2.45) is 4.66 Å². The van der Waals surface area contributed by atoms with Gasteiger partial charge in [0.15, 0.2) is 0 Å². The van der Waals surface area contributed by atoms with E-state index in [4.69, 9.17) is 0 Å². The highest BCUT2D eigenvalue weighted by molar-refractivity contribution is 9.10. The molecule has 0 aromatic carbocycles. The van der Waals surface area contributed by atoms with Gasteiger partial charge in [0.05, 0.1) is 0 Å². The van der Waals surface area contributed by atoms with E-state index in [1.54, 1.807) is 18.3 Å². The highest BCUT2D eigenvalue weighted by atomic mass is 79.9. The molecule has 1 aromatic rings. The van der Waals surface area contributed by atoms with E-state index in [0.29, 0.717) is 10.3 Å². The lowest BCUT2D eigenvalue weighted by Crippen LogP contribution is -2.23. The van der Waals surface area contributed by atoms with Crippen LogP contribution in [0.2, 0.25) is 5.04 Å². The Hall–Kier alpha value is -0.593. The van der Waals surface area contributed by atoms with Crippen LogP contribution in [0.1, 0.15) is 26.5 Å². The van der Waals surface area contributed by atoms with E-state index < -0.39 is 9.20 Å². The topological polar surface area (TPSA) is 58.4 Å². The van der Waals surface area contributed by atoms with Crippen LogP contribution in [0, 0.1) is 0 Å². The summed E-state index contributed by atoms with van der Waals surface area (Å²) in [5, 5.41) is 7.55. The predicted molar refractivity (Wildman–Crippen MR) is 65.0 cm³/mol. The molecule has 1 heterocycles. The third-order valence-electron chi connectivity index (χ3n) is 1.64. The van der Waals surface area contributed by atoms with Crippen molar-refractivity contribution in [1.82, 2.24) is 10.2 Å². The summed E-state index contributed by atoms with van der Waals surface area (Å²) in [5.41, 5.74) is 0.652. The van der Waals surface area contributed by atoms with Gasteiger partial charge in [0.1, 0.15) is 10.3 Å². The van der Waals surface area contributed by atoms with Crippen LogP contribution in [0.5, 0.6) is 0 Å². The van der Waals surface area contributed by atoms with Gasteiger partial charge in [0.25, 0.3) is 0 Å². The Morgan fingerprint density at radius 1 is 1.40 bits per heavy atom. The van der Waals surface area contributed by atoms with E-state index in [2.05, 4.69) is 30.8 Å². The fourth-order valence-electron chi connectivity index (χ4n) is 0.716. The van der Waals surface area contributed by atoms with Gasteiger partial charge < -0.3 is 4.80 Å². The average Bonchev–Trinajstić information content (AvgIpc) is 2.15. The summed E-state index contributed by atoms with van der Waals surface area (Å²) in [6.45, 7) is 5.89. The van der Waals surface area contributed by atoms with E-state index in [0.717, 1.165) is 0 Å². The monoisotopic (exact) mass is 286 g/mol. The normalized spacial score (nSPS) is 12.7. The zero-order valence-corrected chi connectivity index (χ0v) is 11.5. The smallest absolute Gasteiger partial charge is 0.363 e. The van der Waals surface area contributed by atoms with Crippen molar-refractivity contribution in [3.8, 4) is 0 Å². The average molecular weight is 287 g/mol. The minimum atomic E-state index is -1.72. The predicted octanol–water partition coefficient (Wildman–Crippen LogP) is 1.94. The number of rotatable bonds is 2. The minimum Gasteiger partial charge on any atom is -0.413 e. The van der Waals surface area contributed by atoms with E-state index in [9.17, 15) is 4.80 Å². The molecule has 0 saturated carbocycles. The Labute approximate surface area is 99.4 Å². The highest BCUT2D eigenvalue weighted by Gasteiger charge is 2.25. The van der Waals surface area contributed by atoms with Gasteiger partial charge in [-0.3, -0.25) is 4.66 Å². The maximum atomic E-state index is 9.75. The molecule has 1 N–H and O–H groups in total. The maximum Gasteiger partial charge on any atom is 0.363 e. The molecule has 1 aromatic heterocycles. The summed E-state index contributed by atoms with van der Waals surface area (Å²) in [5.74, 6) is 0. The Bertz CT molecular complexity index is 347. The van der Waals surface area contributed by atoms with Gasteiger partial charge in [0, 0.05) is 11.3 Å². The number of hydrogen-bond donors (Lipinski definition) is 1. The summed E-state index contributed by atoms with van der Waals surface area (Å²) in [7, 11) is -1.72. The quantitative estimate of drug-likeness (QED) is 0.668. The Balaban J connectivity index is 2.70. The van der Waals surface area contributed by atoms with E-state index in [-0.39, 0.29) is 5.04 Å². The van der Waals surface area contributed by atoms with E-state index >= 15 is 0 Å². The molecule has 6 heteroatoms. The summed E-state index contributed by atoms with van der Waals surface area (Å²) < 4.78 is 4.80. The molecule has 1 radical (unpaired) electrons. The van der Waals surface area contributed by atoms with Gasteiger partial charge in [0.2, 0.25) is 0 Å². The standard InChI is InChI=1S/C9H13BrN3OSi/c1-9(2,3)15(14)11-6-7-4-5-8(10)13-12-7/h4-6,14H,1-3H3. The SMILES string of the molecule is CC(C)(C)[Si](O)N=Cc1ccc(Br)nn1. The van der Waals surface area contributed by atoms with Gasteiger partial charge in [-0.05, 0) is 28.1 Å². The van der Waals surface area contributed by atoms with Crippen LogP contribution in [0.15, 0.2) is 21.4 Å². The molecule has 0 amide bonds. The third-order valence-corrected chi connectivity index (χ3v) is 3.78. The molecule has 0 aliphatic carbocycles.